The average molecular weight is 422 g/mol. The highest BCUT2D eigenvalue weighted by Crippen LogP contribution is 2.28. The fraction of sp³-hybridized carbons (Fsp3) is 0.167. The Morgan fingerprint density at radius 3 is 2.71 bits per heavy atom. The zero-order valence-corrected chi connectivity index (χ0v) is 16.1. The van der Waals surface area contributed by atoms with Crippen molar-refractivity contribution in [1.29, 1.82) is 0 Å². The number of hydrogen-bond donors (Lipinski definition) is 3. The van der Waals surface area contributed by atoms with Gasteiger partial charge in [-0.15, -0.1) is 0 Å². The molecule has 0 aliphatic heterocycles. The van der Waals surface area contributed by atoms with Gasteiger partial charge in [-0.25, -0.2) is 9.78 Å². The lowest BCUT2D eigenvalue weighted by Gasteiger charge is -2.13. The molecule has 4 N–H and O–H groups in total. The summed E-state index contributed by atoms with van der Waals surface area (Å²) in [4.78, 5) is 16.6. The van der Waals surface area contributed by atoms with Crippen LogP contribution < -0.4 is 25.8 Å². The van der Waals surface area contributed by atoms with Crippen LogP contribution in [0.3, 0.4) is 0 Å². The highest BCUT2D eigenvalue weighted by Gasteiger charge is 2.14. The number of nitrogens with one attached hydrogen (secondary N) is 2. The molecule has 10 heteroatoms. The topological polar surface area (TPSA) is 116 Å². The van der Waals surface area contributed by atoms with E-state index in [0.717, 1.165) is 6.20 Å². The molecule has 1 aromatic heterocycles. The molecule has 0 spiro atoms. The van der Waals surface area contributed by atoms with Crippen LogP contribution in [-0.4, -0.2) is 24.2 Å². The molecule has 0 bridgehead atoms. The van der Waals surface area contributed by atoms with Crippen molar-refractivity contribution in [3.05, 3.63) is 57.8 Å². The van der Waals surface area contributed by atoms with E-state index in [2.05, 4.69) is 15.6 Å². The van der Waals surface area contributed by atoms with Gasteiger partial charge in [0.1, 0.15) is 11.3 Å². The molecule has 0 saturated heterocycles. The van der Waals surface area contributed by atoms with Crippen LogP contribution in [0, 0.1) is 5.21 Å². The number of amides is 2. The summed E-state index contributed by atoms with van der Waals surface area (Å²) in [6, 6.07) is 8.95. The monoisotopic (exact) mass is 421 g/mol. The Hall–Kier alpha value is -2.81. The Morgan fingerprint density at radius 2 is 1.93 bits per heavy atom. The van der Waals surface area contributed by atoms with Crippen LogP contribution in [0.25, 0.3) is 11.0 Å². The number of halogens is 2. The number of hydrogen-bond acceptors (Lipinski definition) is 5. The van der Waals surface area contributed by atoms with Crippen LogP contribution in [0.5, 0.6) is 5.75 Å². The zero-order valence-electron chi connectivity index (χ0n) is 14.6. The molecule has 0 aliphatic rings. The fourth-order valence-electron chi connectivity index (χ4n) is 2.43. The van der Waals surface area contributed by atoms with Gasteiger partial charge in [0.15, 0.2) is 0 Å². The number of nitrogens with zero attached hydrogens (tertiary/aromatic N) is 2. The molecule has 3 rings (SSSR count). The summed E-state index contributed by atoms with van der Waals surface area (Å²) in [5.74, 6) is 0.531. The van der Waals surface area contributed by atoms with Gasteiger partial charge in [0.25, 0.3) is 0 Å². The van der Waals surface area contributed by atoms with Crippen molar-refractivity contribution < 1.29 is 14.3 Å². The second-order valence-electron chi connectivity index (χ2n) is 5.80. The quantitative estimate of drug-likeness (QED) is 0.319. The number of anilines is 2. The number of rotatable bonds is 6. The van der Waals surface area contributed by atoms with Crippen molar-refractivity contribution in [2.75, 3.05) is 23.8 Å². The summed E-state index contributed by atoms with van der Waals surface area (Å²) in [5, 5.41) is 18.1. The zero-order chi connectivity index (χ0) is 20.1. The largest absolute Gasteiger partial charge is 0.618 e. The maximum atomic E-state index is 12.4. The first-order chi connectivity index (χ1) is 13.5. The molecule has 0 atom stereocenters. The highest BCUT2D eigenvalue weighted by molar-refractivity contribution is 6.31. The SMILES string of the molecule is NCCCOc1ccc(Cl)cc1NC(=O)Nc1c[n+]([O-])c2cc(Cl)ccc2n1. The number of carbonyl (C=O) groups excluding carboxylic acids is 1. The minimum Gasteiger partial charge on any atom is -0.618 e. The first kappa shape index (κ1) is 19.9. The van der Waals surface area contributed by atoms with Gasteiger partial charge in [0, 0.05) is 16.1 Å². The van der Waals surface area contributed by atoms with E-state index in [-0.39, 0.29) is 5.82 Å². The molecule has 0 aliphatic carbocycles. The lowest BCUT2D eigenvalue weighted by Crippen LogP contribution is -2.29. The van der Waals surface area contributed by atoms with Gasteiger partial charge in [-0.3, -0.25) is 5.32 Å². The third-order valence-corrected chi connectivity index (χ3v) is 4.16. The maximum Gasteiger partial charge on any atom is 0.325 e. The smallest absolute Gasteiger partial charge is 0.325 e. The van der Waals surface area contributed by atoms with E-state index >= 15 is 0 Å². The molecule has 1 heterocycles. The van der Waals surface area contributed by atoms with E-state index in [9.17, 15) is 10.0 Å². The van der Waals surface area contributed by atoms with Gasteiger partial charge >= 0.3 is 6.03 Å². The molecule has 0 fully saturated rings. The van der Waals surface area contributed by atoms with E-state index in [1.807, 2.05) is 0 Å². The second-order valence-corrected chi connectivity index (χ2v) is 6.67. The maximum absolute atomic E-state index is 12.4. The number of ether oxygens (including phenoxy) is 1. The lowest BCUT2D eigenvalue weighted by molar-refractivity contribution is -0.576. The number of benzene rings is 2. The van der Waals surface area contributed by atoms with Crippen LogP contribution in [-0.2, 0) is 0 Å². The molecule has 0 saturated carbocycles. The van der Waals surface area contributed by atoms with Crippen LogP contribution in [0.1, 0.15) is 6.42 Å². The summed E-state index contributed by atoms with van der Waals surface area (Å²) in [6.07, 6.45) is 1.82. The minimum absolute atomic E-state index is 0.0787. The molecule has 0 unspecified atom stereocenters. The van der Waals surface area contributed by atoms with Crippen molar-refractivity contribution in [3.63, 3.8) is 0 Å². The van der Waals surface area contributed by atoms with Crippen LogP contribution in [0.15, 0.2) is 42.6 Å². The standard InChI is InChI=1S/C18H17Cl2N5O3/c19-11-3-5-16(28-7-1-6-21)14(8-11)23-18(26)24-17-10-25(27)15-9-12(20)2-4-13(15)22-17/h2-5,8-10H,1,6-7,21H2,(H2,22,23,24,26). The Morgan fingerprint density at radius 1 is 1.18 bits per heavy atom. The van der Waals surface area contributed by atoms with Crippen molar-refractivity contribution in [2.45, 2.75) is 6.42 Å². The number of fused-ring (bicyclic) bond motifs is 1. The Kier molecular flexibility index (Phi) is 6.35. The molecule has 2 amide bonds. The first-order valence-corrected chi connectivity index (χ1v) is 9.12. The summed E-state index contributed by atoms with van der Waals surface area (Å²) in [7, 11) is 0. The molecular formula is C18H17Cl2N5O3. The first-order valence-electron chi connectivity index (χ1n) is 8.36. The van der Waals surface area contributed by atoms with Crippen LogP contribution in [0.4, 0.5) is 16.3 Å². The van der Waals surface area contributed by atoms with E-state index < -0.39 is 6.03 Å². The summed E-state index contributed by atoms with van der Waals surface area (Å²) in [5.41, 5.74) is 6.53. The third kappa shape index (κ3) is 4.92. The number of aromatic nitrogens is 2. The highest BCUT2D eigenvalue weighted by atomic mass is 35.5. The van der Waals surface area contributed by atoms with E-state index in [1.165, 1.54) is 6.07 Å². The van der Waals surface area contributed by atoms with Crippen LogP contribution >= 0.6 is 23.2 Å². The summed E-state index contributed by atoms with van der Waals surface area (Å²) >= 11 is 11.9. The van der Waals surface area contributed by atoms with Gasteiger partial charge in [-0.05, 0) is 43.3 Å². The number of carbonyl (C=O) groups is 1. The van der Waals surface area contributed by atoms with E-state index in [4.69, 9.17) is 33.7 Å². The minimum atomic E-state index is -0.605. The molecule has 28 heavy (non-hydrogen) atoms. The number of urea groups is 1. The van der Waals surface area contributed by atoms with E-state index in [1.54, 1.807) is 30.3 Å². The van der Waals surface area contributed by atoms with Gasteiger partial charge in [0.05, 0.1) is 12.3 Å². The predicted octanol–water partition coefficient (Wildman–Crippen LogP) is 3.55. The third-order valence-electron chi connectivity index (χ3n) is 3.69. The van der Waals surface area contributed by atoms with Gasteiger partial charge in [-0.2, -0.15) is 4.73 Å². The Balaban J connectivity index is 1.76. The normalized spacial score (nSPS) is 10.7. The van der Waals surface area contributed by atoms with Gasteiger partial charge < -0.3 is 21.0 Å². The molecule has 2 aromatic carbocycles. The van der Waals surface area contributed by atoms with Crippen LogP contribution in [0.2, 0.25) is 10.0 Å². The van der Waals surface area contributed by atoms with Gasteiger partial charge in [-0.1, -0.05) is 23.2 Å². The van der Waals surface area contributed by atoms with Crippen molar-refractivity contribution in [3.8, 4) is 5.75 Å². The molecule has 3 aromatic rings. The Labute approximate surface area is 170 Å². The van der Waals surface area contributed by atoms with Gasteiger partial charge in [0.2, 0.25) is 17.5 Å². The molecular weight excluding hydrogens is 405 g/mol. The predicted molar refractivity (Wildman–Crippen MR) is 109 cm³/mol. The van der Waals surface area contributed by atoms with Crippen molar-refractivity contribution in [2.24, 2.45) is 5.73 Å². The van der Waals surface area contributed by atoms with E-state index in [0.29, 0.717) is 56.8 Å². The second kappa shape index (κ2) is 8.92. The summed E-state index contributed by atoms with van der Waals surface area (Å²) < 4.78 is 6.20. The number of nitrogens with two attached hydrogens (primary N) is 1. The molecule has 0 radical (unpaired) electrons. The fourth-order valence-corrected chi connectivity index (χ4v) is 2.77. The average Bonchev–Trinajstić information content (AvgIpc) is 2.64. The lowest BCUT2D eigenvalue weighted by atomic mass is 10.3. The van der Waals surface area contributed by atoms with Crippen molar-refractivity contribution >= 4 is 51.8 Å². The summed E-state index contributed by atoms with van der Waals surface area (Å²) in [6.45, 7) is 0.893. The molecule has 8 nitrogen and oxygen atoms in total. The Bertz CT molecular complexity index is 1020. The van der Waals surface area contributed by atoms with Crippen molar-refractivity contribution in [1.82, 2.24) is 4.98 Å². The molecule has 146 valence electrons.